The molecule has 2 rings (SSSR count). The minimum Gasteiger partial charge on any atom is -0.480 e. The third-order valence-electron chi connectivity index (χ3n) is 3.39. The summed E-state index contributed by atoms with van der Waals surface area (Å²) < 4.78 is 5.06. The van der Waals surface area contributed by atoms with Crippen LogP contribution in [0.3, 0.4) is 0 Å². The van der Waals surface area contributed by atoms with Crippen LogP contribution >= 0.6 is 0 Å². The van der Waals surface area contributed by atoms with Crippen LogP contribution in [-0.4, -0.2) is 57.1 Å². The lowest BCUT2D eigenvalue weighted by Crippen LogP contribution is -2.57. The van der Waals surface area contributed by atoms with Crippen molar-refractivity contribution in [2.75, 3.05) is 6.54 Å². The molecule has 1 amide bonds. The lowest BCUT2D eigenvalue weighted by molar-refractivity contribution is -0.149. The number of carbonyl (C=O) groups excluding carboxylic acids is 1. The van der Waals surface area contributed by atoms with Gasteiger partial charge in [0.1, 0.15) is 12.6 Å². The molecule has 0 saturated carbocycles. The number of aliphatic carboxylic acids is 1. The van der Waals surface area contributed by atoms with Crippen LogP contribution in [0.4, 0.5) is 4.79 Å². The molecular weight excluding hydrogens is 278 g/mol. The van der Waals surface area contributed by atoms with Gasteiger partial charge >= 0.3 is 12.1 Å². The van der Waals surface area contributed by atoms with Gasteiger partial charge < -0.3 is 20.1 Å². The number of piperidine rings is 1. The number of likely N-dealkylation sites (tertiary alicyclic amines) is 1. The molecule has 3 atom stereocenters. The van der Waals surface area contributed by atoms with E-state index >= 15 is 0 Å². The van der Waals surface area contributed by atoms with Crippen molar-refractivity contribution in [2.45, 2.75) is 31.3 Å². The van der Waals surface area contributed by atoms with Crippen molar-refractivity contribution < 1.29 is 29.6 Å². The second-order valence-electron chi connectivity index (χ2n) is 4.92. The average Bonchev–Trinajstić information content (AvgIpc) is 2.48. The zero-order valence-corrected chi connectivity index (χ0v) is 11.3. The number of rotatable bonds is 3. The van der Waals surface area contributed by atoms with Crippen molar-refractivity contribution in [3.63, 3.8) is 0 Å². The van der Waals surface area contributed by atoms with E-state index in [0.717, 1.165) is 10.5 Å². The molecule has 7 nitrogen and oxygen atoms in total. The van der Waals surface area contributed by atoms with Crippen LogP contribution < -0.4 is 0 Å². The van der Waals surface area contributed by atoms with Crippen LogP contribution in [0.5, 0.6) is 0 Å². The van der Waals surface area contributed by atoms with Gasteiger partial charge in [0.15, 0.2) is 0 Å². The Kier molecular flexibility index (Phi) is 4.77. The Morgan fingerprint density at radius 3 is 2.48 bits per heavy atom. The van der Waals surface area contributed by atoms with Crippen molar-refractivity contribution in [1.82, 2.24) is 4.90 Å². The number of carbonyl (C=O) groups is 2. The predicted octanol–water partition coefficient (Wildman–Crippen LogP) is 0.204. The fraction of sp³-hybridized carbons (Fsp3) is 0.429. The van der Waals surface area contributed by atoms with Gasteiger partial charge in [-0.1, -0.05) is 30.3 Å². The summed E-state index contributed by atoms with van der Waals surface area (Å²) in [5.74, 6) is -1.24. The first-order chi connectivity index (χ1) is 9.99. The highest BCUT2D eigenvalue weighted by atomic mass is 16.6. The number of β-amino-alcohol motifs (C(OH)–C–C–N with tert-alkyl or cyclic N) is 1. The van der Waals surface area contributed by atoms with E-state index in [9.17, 15) is 19.8 Å². The van der Waals surface area contributed by atoms with Crippen molar-refractivity contribution in [1.29, 1.82) is 0 Å². The first-order valence-electron chi connectivity index (χ1n) is 6.55. The van der Waals surface area contributed by atoms with E-state index in [2.05, 4.69) is 0 Å². The van der Waals surface area contributed by atoms with E-state index in [0.29, 0.717) is 0 Å². The summed E-state index contributed by atoms with van der Waals surface area (Å²) in [5.41, 5.74) is 0.773. The summed E-state index contributed by atoms with van der Waals surface area (Å²) in [4.78, 5) is 24.1. The number of aliphatic hydroxyl groups is 2. The third kappa shape index (κ3) is 3.71. The van der Waals surface area contributed by atoms with E-state index < -0.39 is 30.3 Å². The van der Waals surface area contributed by atoms with Crippen molar-refractivity contribution in [3.8, 4) is 0 Å². The summed E-state index contributed by atoms with van der Waals surface area (Å²) >= 11 is 0. The van der Waals surface area contributed by atoms with E-state index in [1.165, 1.54) is 0 Å². The zero-order chi connectivity index (χ0) is 15.4. The first-order valence-corrected chi connectivity index (χ1v) is 6.55. The lowest BCUT2D eigenvalue weighted by atomic mass is 9.98. The van der Waals surface area contributed by atoms with E-state index in [4.69, 9.17) is 9.84 Å². The van der Waals surface area contributed by atoms with Crippen molar-refractivity contribution in [3.05, 3.63) is 35.9 Å². The summed E-state index contributed by atoms with van der Waals surface area (Å²) in [6.45, 7) is -0.257. The molecule has 1 aliphatic heterocycles. The number of hydrogen-bond acceptors (Lipinski definition) is 5. The number of benzene rings is 1. The molecule has 114 valence electrons. The van der Waals surface area contributed by atoms with E-state index in [1.54, 1.807) is 24.3 Å². The van der Waals surface area contributed by atoms with E-state index in [-0.39, 0.29) is 19.6 Å². The van der Waals surface area contributed by atoms with Crippen molar-refractivity contribution >= 4 is 12.1 Å². The highest BCUT2D eigenvalue weighted by molar-refractivity contribution is 5.80. The largest absolute Gasteiger partial charge is 0.480 e. The molecule has 21 heavy (non-hydrogen) atoms. The van der Waals surface area contributed by atoms with Gasteiger partial charge in [0, 0.05) is 6.42 Å². The number of aliphatic hydroxyl groups excluding tert-OH is 2. The van der Waals surface area contributed by atoms with Gasteiger partial charge in [0.2, 0.25) is 0 Å². The number of amides is 1. The number of carboxylic acids is 1. The minimum atomic E-state index is -1.24. The highest BCUT2D eigenvalue weighted by Gasteiger charge is 2.40. The normalized spacial score (nSPS) is 25.4. The zero-order valence-electron chi connectivity index (χ0n) is 11.3. The van der Waals surface area contributed by atoms with Gasteiger partial charge in [-0.25, -0.2) is 9.59 Å². The van der Waals surface area contributed by atoms with Gasteiger partial charge in [0.05, 0.1) is 18.8 Å². The van der Waals surface area contributed by atoms with Crippen LogP contribution in [0.2, 0.25) is 0 Å². The molecule has 1 aromatic carbocycles. The number of nitrogens with zero attached hydrogens (tertiary/aromatic N) is 1. The minimum absolute atomic E-state index is 0.0150. The van der Waals surface area contributed by atoms with Gasteiger partial charge in [-0.2, -0.15) is 0 Å². The first kappa shape index (κ1) is 15.3. The maximum Gasteiger partial charge on any atom is 0.410 e. The Bertz CT molecular complexity index is 505. The second-order valence-corrected chi connectivity index (χ2v) is 4.92. The summed E-state index contributed by atoms with van der Waals surface area (Å²) in [6.07, 6.45) is -3.39. The maximum absolute atomic E-state index is 12.0. The monoisotopic (exact) mass is 295 g/mol. The molecule has 1 fully saturated rings. The second kappa shape index (κ2) is 6.55. The molecule has 7 heteroatoms. The van der Waals surface area contributed by atoms with Crippen LogP contribution in [0.1, 0.15) is 12.0 Å². The molecule has 0 spiro atoms. The molecule has 1 saturated heterocycles. The molecule has 1 heterocycles. The van der Waals surface area contributed by atoms with Gasteiger partial charge in [-0.15, -0.1) is 0 Å². The Balaban J connectivity index is 2.00. The summed E-state index contributed by atoms with van der Waals surface area (Å²) in [5, 5.41) is 28.2. The third-order valence-corrected chi connectivity index (χ3v) is 3.39. The maximum atomic E-state index is 12.0. The van der Waals surface area contributed by atoms with E-state index in [1.807, 2.05) is 6.07 Å². The Labute approximate surface area is 121 Å². The Hall–Kier alpha value is -2.12. The number of carboxylic acid groups (broad SMARTS) is 1. The lowest BCUT2D eigenvalue weighted by Gasteiger charge is -2.37. The summed E-state index contributed by atoms with van der Waals surface area (Å²) in [6, 6.07) is 7.77. The van der Waals surface area contributed by atoms with Gasteiger partial charge in [0.25, 0.3) is 0 Å². The van der Waals surface area contributed by atoms with Crippen LogP contribution in [-0.2, 0) is 16.1 Å². The van der Waals surface area contributed by atoms with Crippen LogP contribution in [0.15, 0.2) is 30.3 Å². The molecule has 0 bridgehead atoms. The Morgan fingerprint density at radius 2 is 1.86 bits per heavy atom. The average molecular weight is 295 g/mol. The molecule has 0 radical (unpaired) electrons. The topological polar surface area (TPSA) is 107 Å². The van der Waals surface area contributed by atoms with Crippen LogP contribution in [0.25, 0.3) is 0 Å². The number of hydrogen-bond donors (Lipinski definition) is 3. The molecule has 3 N–H and O–H groups in total. The van der Waals surface area contributed by atoms with Crippen molar-refractivity contribution in [2.24, 2.45) is 0 Å². The predicted molar refractivity (Wildman–Crippen MR) is 71.4 cm³/mol. The smallest absolute Gasteiger partial charge is 0.410 e. The quantitative estimate of drug-likeness (QED) is 0.735. The fourth-order valence-electron chi connectivity index (χ4n) is 2.20. The van der Waals surface area contributed by atoms with Gasteiger partial charge in [-0.3, -0.25) is 4.90 Å². The SMILES string of the molecule is O=C(O)C1C[C@@H](O)[C@@H](O)CN1C(=O)OCc1ccccc1. The number of ether oxygens (including phenoxy) is 1. The molecule has 1 aliphatic rings. The standard InChI is InChI=1S/C14H17NO6/c16-11-6-10(13(18)19)15(7-12(11)17)14(20)21-8-9-4-2-1-3-5-9/h1-5,10-12,16-17H,6-8H2,(H,18,19)/t10?,11-,12+/m1/s1. The molecular formula is C14H17NO6. The molecule has 1 unspecified atom stereocenters. The van der Waals surface area contributed by atoms with Crippen LogP contribution in [0, 0.1) is 0 Å². The Morgan fingerprint density at radius 1 is 1.19 bits per heavy atom. The van der Waals surface area contributed by atoms with Gasteiger partial charge in [-0.05, 0) is 5.56 Å². The summed E-state index contributed by atoms with van der Waals surface area (Å²) in [7, 11) is 0. The highest BCUT2D eigenvalue weighted by Crippen LogP contribution is 2.20. The molecule has 1 aromatic rings. The fourth-order valence-corrected chi connectivity index (χ4v) is 2.20. The molecule has 0 aromatic heterocycles. The molecule has 0 aliphatic carbocycles.